The molecule has 0 unspecified atom stereocenters. The van der Waals surface area contributed by atoms with Crippen molar-refractivity contribution in [3.63, 3.8) is 0 Å². The lowest BCUT2D eigenvalue weighted by Gasteiger charge is -2.14. The number of benzene rings is 1. The molecule has 5 amide bonds. The summed E-state index contributed by atoms with van der Waals surface area (Å²) >= 11 is 5.73. The minimum Gasteiger partial charge on any atom is -0.325 e. The van der Waals surface area contributed by atoms with Crippen LogP contribution in [0.15, 0.2) is 24.3 Å². The highest BCUT2D eigenvalue weighted by Crippen LogP contribution is 2.15. The molecule has 0 aromatic heterocycles. The summed E-state index contributed by atoms with van der Waals surface area (Å²) in [6, 6.07) is 5.60. The quantitative estimate of drug-likeness (QED) is 0.657. The van der Waals surface area contributed by atoms with Crippen LogP contribution in [0.1, 0.15) is 13.3 Å². The van der Waals surface area contributed by atoms with Crippen molar-refractivity contribution < 1.29 is 19.2 Å². The average Bonchev–Trinajstić information content (AvgIpc) is 2.68. The zero-order valence-electron chi connectivity index (χ0n) is 11.8. The molecule has 0 atom stereocenters. The van der Waals surface area contributed by atoms with Crippen molar-refractivity contribution >= 4 is 41.0 Å². The molecule has 0 spiro atoms. The number of nitrogens with zero attached hydrogens (tertiary/aromatic N) is 2. The monoisotopic (exact) mass is 323 g/mol. The van der Waals surface area contributed by atoms with Crippen LogP contribution in [0.3, 0.4) is 0 Å². The summed E-state index contributed by atoms with van der Waals surface area (Å²) in [5, 5.41) is 3.04. The number of anilines is 1. The zero-order chi connectivity index (χ0) is 16.3. The predicted molar refractivity (Wildman–Crippen MR) is 79.2 cm³/mol. The lowest BCUT2D eigenvalue weighted by atomic mass is 10.3. The Morgan fingerprint density at radius 2 is 1.68 bits per heavy atom. The van der Waals surface area contributed by atoms with Gasteiger partial charge in [0.2, 0.25) is 5.91 Å². The summed E-state index contributed by atoms with van der Waals surface area (Å²) in [5.41, 5.74) is 0.477. The Balaban J connectivity index is 2.02. The van der Waals surface area contributed by atoms with Crippen LogP contribution in [0, 0.1) is 0 Å². The third-order valence-electron chi connectivity index (χ3n) is 3.01. The Morgan fingerprint density at radius 3 is 2.27 bits per heavy atom. The Hall–Kier alpha value is -2.41. The van der Waals surface area contributed by atoms with Crippen molar-refractivity contribution in [2.24, 2.45) is 0 Å². The summed E-state index contributed by atoms with van der Waals surface area (Å²) in [7, 11) is 0. The van der Waals surface area contributed by atoms with Gasteiger partial charge in [0.15, 0.2) is 0 Å². The van der Waals surface area contributed by atoms with Crippen molar-refractivity contribution in [3.8, 4) is 0 Å². The average molecular weight is 324 g/mol. The van der Waals surface area contributed by atoms with Gasteiger partial charge >= 0.3 is 17.8 Å². The number of nitrogens with one attached hydrogen (secondary N) is 1. The van der Waals surface area contributed by atoms with Crippen molar-refractivity contribution in [1.29, 1.82) is 0 Å². The molecule has 1 fully saturated rings. The first-order valence-electron chi connectivity index (χ1n) is 6.66. The first kappa shape index (κ1) is 16.0. The molecule has 7 nitrogen and oxygen atoms in total. The molecule has 1 saturated heterocycles. The van der Waals surface area contributed by atoms with Crippen LogP contribution in [-0.2, 0) is 14.4 Å². The fourth-order valence-electron chi connectivity index (χ4n) is 1.99. The molecule has 1 aliphatic heterocycles. The lowest BCUT2D eigenvalue weighted by molar-refractivity contribution is -0.143. The zero-order valence-corrected chi connectivity index (χ0v) is 12.6. The van der Waals surface area contributed by atoms with E-state index in [1.165, 1.54) is 0 Å². The van der Waals surface area contributed by atoms with Crippen LogP contribution < -0.4 is 5.32 Å². The Bertz CT molecular complexity index is 629. The van der Waals surface area contributed by atoms with Crippen LogP contribution in [0.25, 0.3) is 0 Å². The molecule has 116 valence electrons. The topological polar surface area (TPSA) is 86.8 Å². The van der Waals surface area contributed by atoms with Crippen molar-refractivity contribution in [2.75, 3.05) is 18.4 Å². The third kappa shape index (κ3) is 3.25. The predicted octanol–water partition coefficient (Wildman–Crippen LogP) is 1.48. The third-order valence-corrected chi connectivity index (χ3v) is 3.26. The summed E-state index contributed by atoms with van der Waals surface area (Å²) in [4.78, 5) is 48.8. The van der Waals surface area contributed by atoms with Gasteiger partial charge in [0.05, 0.1) is 0 Å². The number of hydrogen-bond donors (Lipinski definition) is 1. The van der Waals surface area contributed by atoms with Crippen molar-refractivity contribution in [1.82, 2.24) is 9.80 Å². The molecule has 0 saturated carbocycles. The normalized spacial score (nSPS) is 14.7. The van der Waals surface area contributed by atoms with Gasteiger partial charge in [-0.2, -0.15) is 0 Å². The van der Waals surface area contributed by atoms with Gasteiger partial charge in [-0.15, -0.1) is 0 Å². The first-order chi connectivity index (χ1) is 10.4. The van der Waals surface area contributed by atoms with E-state index in [0.717, 1.165) is 4.90 Å². The number of carbonyl (C=O) groups excluding carboxylic acids is 4. The van der Waals surface area contributed by atoms with Crippen LogP contribution in [0.2, 0.25) is 5.02 Å². The summed E-state index contributed by atoms with van der Waals surface area (Å²) < 4.78 is 0. The van der Waals surface area contributed by atoms with Crippen LogP contribution in [0.5, 0.6) is 0 Å². The molecule has 1 aromatic carbocycles. The largest absolute Gasteiger partial charge is 0.334 e. The maximum Gasteiger partial charge on any atom is 0.334 e. The minimum atomic E-state index is -0.982. The molecule has 1 N–H and O–H groups in total. The highest BCUT2D eigenvalue weighted by molar-refractivity contribution is 6.45. The van der Waals surface area contributed by atoms with Gasteiger partial charge in [-0.3, -0.25) is 19.3 Å². The minimum absolute atomic E-state index is 0.151. The number of urea groups is 1. The Labute approximate surface area is 131 Å². The number of carbonyl (C=O) groups is 4. The SMILES string of the molecule is CCCN1C(=O)C(=O)N(CC(=O)Nc2ccc(Cl)cc2)C1=O. The van der Waals surface area contributed by atoms with E-state index < -0.39 is 30.3 Å². The summed E-state index contributed by atoms with van der Waals surface area (Å²) in [6.45, 7) is 1.42. The maximum atomic E-state index is 12.0. The fourth-order valence-corrected chi connectivity index (χ4v) is 2.11. The van der Waals surface area contributed by atoms with Gasteiger partial charge in [0, 0.05) is 17.3 Å². The molecule has 1 aromatic rings. The number of hydrogen-bond acceptors (Lipinski definition) is 4. The Kier molecular flexibility index (Phi) is 4.77. The second kappa shape index (κ2) is 6.57. The molecular formula is C14H14ClN3O4. The van der Waals surface area contributed by atoms with E-state index in [1.54, 1.807) is 31.2 Å². The van der Waals surface area contributed by atoms with Crippen molar-refractivity contribution in [3.05, 3.63) is 29.3 Å². The lowest BCUT2D eigenvalue weighted by Crippen LogP contribution is -2.39. The molecule has 1 heterocycles. The van der Waals surface area contributed by atoms with Gasteiger partial charge < -0.3 is 5.32 Å². The van der Waals surface area contributed by atoms with E-state index >= 15 is 0 Å². The molecule has 0 radical (unpaired) electrons. The van der Waals surface area contributed by atoms with Crippen molar-refractivity contribution in [2.45, 2.75) is 13.3 Å². The van der Waals surface area contributed by atoms with E-state index in [-0.39, 0.29) is 6.54 Å². The van der Waals surface area contributed by atoms with Crippen LogP contribution in [0.4, 0.5) is 10.5 Å². The van der Waals surface area contributed by atoms with E-state index in [2.05, 4.69) is 5.32 Å². The van der Waals surface area contributed by atoms with Gasteiger partial charge in [0.25, 0.3) is 0 Å². The van der Waals surface area contributed by atoms with Crippen LogP contribution in [-0.4, -0.2) is 46.6 Å². The second-order valence-electron chi connectivity index (χ2n) is 4.69. The molecule has 8 heteroatoms. The number of imide groups is 2. The number of amides is 5. The molecule has 1 aliphatic rings. The molecule has 0 aliphatic carbocycles. The fraction of sp³-hybridized carbons (Fsp3) is 0.286. The maximum absolute atomic E-state index is 12.0. The highest BCUT2D eigenvalue weighted by Gasteiger charge is 2.44. The standard InChI is InChI=1S/C14H14ClN3O4/c1-2-7-17-12(20)13(21)18(14(17)22)8-11(19)16-10-5-3-9(15)4-6-10/h3-6H,2,7-8H2,1H3,(H,16,19). The first-order valence-corrected chi connectivity index (χ1v) is 7.04. The van der Waals surface area contributed by atoms with E-state index in [4.69, 9.17) is 11.6 Å². The van der Waals surface area contributed by atoms with Gasteiger partial charge in [-0.25, -0.2) is 9.69 Å². The summed E-state index contributed by atoms with van der Waals surface area (Å²) in [6.07, 6.45) is 0.537. The smallest absolute Gasteiger partial charge is 0.325 e. The molecule has 0 bridgehead atoms. The van der Waals surface area contributed by atoms with Crippen LogP contribution >= 0.6 is 11.6 Å². The van der Waals surface area contributed by atoms with E-state index in [1.807, 2.05) is 0 Å². The van der Waals surface area contributed by atoms with Gasteiger partial charge in [-0.05, 0) is 30.7 Å². The number of rotatable bonds is 5. The van der Waals surface area contributed by atoms with E-state index in [9.17, 15) is 19.2 Å². The molecule has 22 heavy (non-hydrogen) atoms. The van der Waals surface area contributed by atoms with Gasteiger partial charge in [-0.1, -0.05) is 18.5 Å². The Morgan fingerprint density at radius 1 is 1.09 bits per heavy atom. The van der Waals surface area contributed by atoms with Gasteiger partial charge in [0.1, 0.15) is 6.54 Å². The molecule has 2 rings (SSSR count). The van der Waals surface area contributed by atoms with E-state index in [0.29, 0.717) is 22.0 Å². The highest BCUT2D eigenvalue weighted by atomic mass is 35.5. The summed E-state index contributed by atoms with van der Waals surface area (Å²) in [5.74, 6) is -2.45. The number of halogens is 1. The molecular weight excluding hydrogens is 310 g/mol. The second-order valence-corrected chi connectivity index (χ2v) is 5.12.